The summed E-state index contributed by atoms with van der Waals surface area (Å²) in [6, 6.07) is 7.85. The molecule has 2 aromatic rings. The van der Waals surface area contributed by atoms with E-state index in [9.17, 15) is 25.9 Å². The first kappa shape index (κ1) is 33.4. The van der Waals surface area contributed by atoms with Gasteiger partial charge in [-0.15, -0.1) is 0 Å². The SMILES string of the molecule is CNC(=S)Nc1ccc(/C=C/c2ccc(NC(=S)NC)cc2S(=O)(=O)[O-])c(S(=O)(=O)[O-])c1.[Na+].[Na+]. The molecule has 0 saturated heterocycles. The first-order valence-corrected chi connectivity index (χ1v) is 12.3. The average Bonchev–Trinajstić information content (AvgIpc) is 2.71. The Morgan fingerprint density at radius 3 is 1.32 bits per heavy atom. The van der Waals surface area contributed by atoms with Crippen LogP contribution in [0.3, 0.4) is 0 Å². The molecule has 0 fully saturated rings. The maximum Gasteiger partial charge on any atom is 1.00 e. The Hall–Kier alpha value is -0.620. The van der Waals surface area contributed by atoms with Crippen molar-refractivity contribution in [2.45, 2.75) is 9.79 Å². The predicted molar refractivity (Wildman–Crippen MR) is 128 cm³/mol. The molecule has 0 spiro atoms. The van der Waals surface area contributed by atoms with Gasteiger partial charge in [0.1, 0.15) is 20.2 Å². The van der Waals surface area contributed by atoms with Gasteiger partial charge in [-0.25, -0.2) is 16.8 Å². The van der Waals surface area contributed by atoms with Crippen LogP contribution in [-0.4, -0.2) is 50.3 Å². The summed E-state index contributed by atoms with van der Waals surface area (Å²) in [5, 5.41) is 11.1. The second-order valence-electron chi connectivity index (χ2n) is 6.16. The maximum absolute atomic E-state index is 11.7. The van der Waals surface area contributed by atoms with E-state index in [2.05, 4.69) is 21.3 Å². The summed E-state index contributed by atoms with van der Waals surface area (Å²) >= 11 is 9.90. The molecule has 0 heterocycles. The summed E-state index contributed by atoms with van der Waals surface area (Å²) in [6.07, 6.45) is 2.45. The van der Waals surface area contributed by atoms with Crippen LogP contribution < -0.4 is 80.4 Å². The molecule has 0 aromatic heterocycles. The number of benzene rings is 2. The van der Waals surface area contributed by atoms with Gasteiger partial charge in [-0.05, 0) is 59.8 Å². The van der Waals surface area contributed by atoms with Crippen LogP contribution in [0.5, 0.6) is 0 Å². The molecule has 0 saturated carbocycles. The van der Waals surface area contributed by atoms with Crippen molar-refractivity contribution in [1.29, 1.82) is 0 Å². The van der Waals surface area contributed by atoms with E-state index in [4.69, 9.17) is 24.4 Å². The first-order chi connectivity index (χ1) is 14.8. The molecule has 0 aliphatic heterocycles. The summed E-state index contributed by atoms with van der Waals surface area (Å²) < 4.78 is 70.4. The van der Waals surface area contributed by atoms with Crippen molar-refractivity contribution >= 4 is 78.4 Å². The number of hydrogen-bond donors (Lipinski definition) is 4. The van der Waals surface area contributed by atoms with Crippen molar-refractivity contribution in [1.82, 2.24) is 10.6 Å². The summed E-state index contributed by atoms with van der Waals surface area (Å²) in [7, 11) is -6.64. The number of nitrogens with one attached hydrogen (secondary N) is 4. The van der Waals surface area contributed by atoms with Crippen LogP contribution in [0, 0.1) is 0 Å². The van der Waals surface area contributed by atoms with Gasteiger partial charge in [-0.2, -0.15) is 0 Å². The fraction of sp³-hybridized carbons (Fsp3) is 0.111. The molecule has 2 rings (SSSR count). The largest absolute Gasteiger partial charge is 1.00 e. The Morgan fingerprint density at radius 1 is 0.735 bits per heavy atom. The van der Waals surface area contributed by atoms with E-state index in [1.807, 2.05) is 0 Å². The normalized spacial score (nSPS) is 11.1. The minimum Gasteiger partial charge on any atom is -0.744 e. The standard InChI is InChI=1S/C18H20N4O6S4.2Na/c1-19-17(29)21-13-7-5-11(15(9-13)31(23,24)25)3-4-12-6-8-14(22-18(30)20-2)10-16(12)32(26,27)28;;/h3-10H,1-2H3,(H2,19,21,29)(H2,20,22,30)(H,23,24,25)(H,26,27,28);;/q;2*+1/p-2/b4-3+;;. The second-order valence-corrected chi connectivity index (χ2v) is 9.67. The zero-order valence-corrected chi connectivity index (χ0v) is 26.0. The molecule has 10 nitrogen and oxygen atoms in total. The summed E-state index contributed by atoms with van der Waals surface area (Å²) in [5.74, 6) is 0. The van der Waals surface area contributed by atoms with Crippen molar-refractivity contribution in [3.05, 3.63) is 47.5 Å². The van der Waals surface area contributed by atoms with Crippen molar-refractivity contribution in [3.8, 4) is 0 Å². The molecule has 4 N–H and O–H groups in total. The molecule has 0 atom stereocenters. The molecule has 2 aromatic carbocycles. The van der Waals surface area contributed by atoms with E-state index in [0.29, 0.717) is 0 Å². The first-order valence-electron chi connectivity index (χ1n) is 8.70. The number of rotatable bonds is 6. The Balaban J connectivity index is 0.00000544. The van der Waals surface area contributed by atoms with E-state index in [0.717, 1.165) is 12.1 Å². The zero-order chi connectivity index (χ0) is 24.1. The average molecular weight is 561 g/mol. The minimum atomic E-state index is -4.88. The van der Waals surface area contributed by atoms with E-state index < -0.39 is 30.0 Å². The summed E-state index contributed by atoms with van der Waals surface area (Å²) in [5.41, 5.74) is 0.506. The van der Waals surface area contributed by atoms with Crippen LogP contribution in [0.2, 0.25) is 0 Å². The molecule has 0 radical (unpaired) electrons. The minimum absolute atomic E-state index is 0. The third-order valence-electron chi connectivity index (χ3n) is 3.98. The Labute approximate surface area is 253 Å². The second kappa shape index (κ2) is 14.2. The van der Waals surface area contributed by atoms with Crippen molar-refractivity contribution < 1.29 is 85.1 Å². The van der Waals surface area contributed by atoms with Gasteiger partial charge in [0.25, 0.3) is 0 Å². The smallest absolute Gasteiger partial charge is 0.744 e. The van der Waals surface area contributed by atoms with Gasteiger partial charge in [0, 0.05) is 25.5 Å². The fourth-order valence-electron chi connectivity index (χ4n) is 2.50. The van der Waals surface area contributed by atoms with Crippen LogP contribution in [0.15, 0.2) is 46.2 Å². The Morgan fingerprint density at radius 2 is 1.06 bits per heavy atom. The van der Waals surface area contributed by atoms with E-state index in [1.54, 1.807) is 14.1 Å². The van der Waals surface area contributed by atoms with Gasteiger partial charge in [0.05, 0.1) is 9.79 Å². The number of hydrogen-bond acceptors (Lipinski definition) is 8. The monoisotopic (exact) mass is 560 g/mol. The van der Waals surface area contributed by atoms with Gasteiger partial charge < -0.3 is 30.4 Å². The van der Waals surface area contributed by atoms with Crippen LogP contribution >= 0.6 is 24.4 Å². The quantitative estimate of drug-likeness (QED) is 0.116. The molecule has 34 heavy (non-hydrogen) atoms. The molecule has 0 aliphatic carbocycles. The molecular formula is C18H18N4Na2O6S4. The third-order valence-corrected chi connectivity index (χ3v) is 6.37. The van der Waals surface area contributed by atoms with Gasteiger partial charge in [-0.3, -0.25) is 0 Å². The Kier molecular flexibility index (Phi) is 13.9. The number of anilines is 2. The van der Waals surface area contributed by atoms with Crippen molar-refractivity contribution in [2.75, 3.05) is 24.7 Å². The summed E-state index contributed by atoms with van der Waals surface area (Å²) in [6.45, 7) is 0. The van der Waals surface area contributed by atoms with E-state index in [1.165, 1.54) is 36.4 Å². The van der Waals surface area contributed by atoms with Gasteiger partial charge in [-0.1, -0.05) is 24.3 Å². The molecular weight excluding hydrogens is 542 g/mol. The van der Waals surface area contributed by atoms with E-state index >= 15 is 0 Å². The Bertz CT molecular complexity index is 1200. The van der Waals surface area contributed by atoms with Crippen LogP contribution in [-0.2, 0) is 20.2 Å². The fourth-order valence-corrected chi connectivity index (χ4v) is 4.13. The zero-order valence-electron chi connectivity index (χ0n) is 18.7. The van der Waals surface area contributed by atoms with Gasteiger partial charge >= 0.3 is 59.1 Å². The van der Waals surface area contributed by atoms with Gasteiger partial charge in [0.15, 0.2) is 10.2 Å². The van der Waals surface area contributed by atoms with Crippen LogP contribution in [0.25, 0.3) is 12.2 Å². The van der Waals surface area contributed by atoms with Crippen molar-refractivity contribution in [2.24, 2.45) is 0 Å². The number of thiocarbonyl (C=S) groups is 2. The van der Waals surface area contributed by atoms with Crippen LogP contribution in [0.4, 0.5) is 11.4 Å². The molecule has 0 amide bonds. The van der Waals surface area contributed by atoms with Crippen LogP contribution in [0.1, 0.15) is 11.1 Å². The molecule has 0 unspecified atom stereocenters. The van der Waals surface area contributed by atoms with Crippen molar-refractivity contribution in [3.63, 3.8) is 0 Å². The molecule has 172 valence electrons. The maximum atomic E-state index is 11.7. The van der Waals surface area contributed by atoms with Gasteiger partial charge in [0.2, 0.25) is 0 Å². The van der Waals surface area contributed by atoms with E-state index in [-0.39, 0.29) is 91.8 Å². The molecule has 0 bridgehead atoms. The predicted octanol–water partition coefficient (Wildman–Crippen LogP) is -4.49. The topological polar surface area (TPSA) is 163 Å². The molecule has 16 heteroatoms. The molecule has 0 aliphatic rings. The third kappa shape index (κ3) is 9.79. The summed E-state index contributed by atoms with van der Waals surface area (Å²) in [4.78, 5) is -1.11.